The van der Waals surface area contributed by atoms with E-state index in [4.69, 9.17) is 33.2 Å². The summed E-state index contributed by atoms with van der Waals surface area (Å²) in [5.74, 6) is -16.1. The first-order chi connectivity index (χ1) is 58.6. The summed E-state index contributed by atoms with van der Waals surface area (Å²) in [5, 5.41) is 123. The van der Waals surface area contributed by atoms with Crippen LogP contribution in [0.1, 0.15) is 144 Å². The molecule has 0 fully saturated rings. The van der Waals surface area contributed by atoms with E-state index in [1.165, 1.54) is 16.8 Å². The zero-order chi connectivity index (χ0) is 90.8. The van der Waals surface area contributed by atoms with E-state index in [-0.39, 0.29) is 224 Å². The number of hydrogen-bond acceptors (Lipinski definition) is 32. The minimum atomic E-state index is -1.47. The number of unbranched alkanes of at least 4 members (excludes halogenated alkanes) is 4. The number of benzene rings is 1. The molecule has 0 saturated carbocycles. The number of ether oxygens (including phenoxy) is 7. The highest BCUT2D eigenvalue weighted by atomic mass is 16.5. The summed E-state index contributed by atoms with van der Waals surface area (Å²) in [6, 6.07) is -2.78. The van der Waals surface area contributed by atoms with Gasteiger partial charge in [-0.05, 0) is 84.4 Å². The van der Waals surface area contributed by atoms with Crippen LogP contribution in [-0.2, 0) is 126 Å². The number of aromatic nitrogens is 9. The van der Waals surface area contributed by atoms with Gasteiger partial charge in [0, 0.05) is 95.8 Å². The number of aliphatic carboxylic acids is 9. The van der Waals surface area contributed by atoms with Crippen molar-refractivity contribution in [2.24, 2.45) is 12.5 Å². The molecule has 0 spiro atoms. The van der Waals surface area contributed by atoms with Gasteiger partial charge in [-0.25, -0.2) is 0 Å². The summed E-state index contributed by atoms with van der Waals surface area (Å²) in [6.07, 6.45) is 4.51. The largest absolute Gasteiger partial charge is 0.483 e. The lowest BCUT2D eigenvalue weighted by Crippen LogP contribution is -2.51. The lowest BCUT2D eigenvalue weighted by molar-refractivity contribution is -0.152. The van der Waals surface area contributed by atoms with E-state index in [0.717, 1.165) is 14.7 Å². The lowest BCUT2D eigenvalue weighted by atomic mass is 9.84. The number of ketones is 2. The summed E-state index contributed by atoms with van der Waals surface area (Å²) in [5.41, 5.74) is -0.147. The van der Waals surface area contributed by atoms with Crippen LogP contribution in [0.5, 0.6) is 17.2 Å². The van der Waals surface area contributed by atoms with Gasteiger partial charge in [0.15, 0.2) is 11.5 Å². The Morgan fingerprint density at radius 1 is 0.447 bits per heavy atom. The highest BCUT2D eigenvalue weighted by molar-refractivity contribution is 5.99. The standard InChI is InChI=1S/C75H113N17O31/c1-5-91-35-51(82-85-91)43-121-59-30-49(31-60(122-44-52-36-92(6-2)86-83-52)69(59)123-45-50-34-87(4)84-81-50)70(109)80-55(33-76-3)71(110)79-24-29-117-25-19-54(94)32-75(46-118-26-18-53(93)14-8-7-9-15-56(72(111)112)88(37-63(97)98)38-64(99)100,47-119-27-20-61(95)77-22-12-10-16-57(73(113)114)89(39-65(101)102)40-66(103)104)48-120-28-21-62(96)78-23-13-11-17-58(74(115)116)90(41-67(105)106)42-68(107)108/h30-31,34-36,55-58,76H,5-29,32-33,37-48H2,1-4H3,(H,77,95)(H,78,96)(H,79,110)(H,80,109)(H,97,98)(H,99,100)(H,101,102)(H,103,104)(H,105,106)(H,107,108)(H,111,112)(H,113,114)(H,115,116). The number of hydrogen-bond donors (Lipinski definition) is 14. The molecular weight excluding hydrogens is 1630 g/mol. The number of carboxylic acids is 9. The van der Waals surface area contributed by atoms with Crippen LogP contribution < -0.4 is 40.8 Å². The zero-order valence-corrected chi connectivity index (χ0v) is 69.1. The number of carboxylic acid groups (broad SMARTS) is 9. The van der Waals surface area contributed by atoms with Crippen molar-refractivity contribution in [3.05, 3.63) is 53.4 Å². The first kappa shape index (κ1) is 104. The number of rotatable bonds is 73. The van der Waals surface area contributed by atoms with E-state index in [1.807, 2.05) is 13.8 Å². The van der Waals surface area contributed by atoms with Gasteiger partial charge in [0.2, 0.25) is 23.5 Å². The van der Waals surface area contributed by atoms with Crippen molar-refractivity contribution in [3.63, 3.8) is 0 Å². The molecule has 48 nitrogen and oxygen atoms in total. The number of amides is 4. The number of Topliss-reactive ketones (excluding diaryl/α,β-unsaturated/α-hetero) is 2. The molecule has 3 aromatic heterocycles. The van der Waals surface area contributed by atoms with Crippen LogP contribution in [0.4, 0.5) is 0 Å². The molecule has 4 unspecified atom stereocenters. The van der Waals surface area contributed by atoms with Crippen LogP contribution in [0, 0.1) is 5.41 Å². The van der Waals surface area contributed by atoms with Crippen molar-refractivity contribution in [1.82, 2.24) is 86.3 Å². The van der Waals surface area contributed by atoms with Gasteiger partial charge in [-0.3, -0.25) is 101 Å². The second-order valence-corrected chi connectivity index (χ2v) is 28.5. The molecule has 0 bridgehead atoms. The third-order valence-electron chi connectivity index (χ3n) is 18.3. The van der Waals surface area contributed by atoms with Crippen LogP contribution in [0.25, 0.3) is 0 Å². The van der Waals surface area contributed by atoms with E-state index < -0.39 is 152 Å². The van der Waals surface area contributed by atoms with Gasteiger partial charge in [0.05, 0.1) is 111 Å². The van der Waals surface area contributed by atoms with Gasteiger partial charge in [0.1, 0.15) is 72.6 Å². The summed E-state index contributed by atoms with van der Waals surface area (Å²) < 4.78 is 47.5. The van der Waals surface area contributed by atoms with E-state index in [1.54, 1.807) is 42.0 Å². The molecule has 123 heavy (non-hydrogen) atoms. The summed E-state index contributed by atoms with van der Waals surface area (Å²) in [6.45, 7) is -3.14. The Labute approximate surface area is 705 Å². The maximum absolute atomic E-state index is 14.4. The average Bonchev–Trinajstić information content (AvgIpc) is 1.70. The third kappa shape index (κ3) is 42.0. The molecule has 48 heteroatoms. The molecule has 3 heterocycles. The highest BCUT2D eigenvalue weighted by Gasteiger charge is 2.37. The minimum absolute atomic E-state index is 0.00947. The monoisotopic (exact) mass is 1750 g/mol. The van der Waals surface area contributed by atoms with Gasteiger partial charge in [-0.2, -0.15) is 0 Å². The van der Waals surface area contributed by atoms with Crippen LogP contribution in [0.3, 0.4) is 0 Å². The first-order valence-corrected chi connectivity index (χ1v) is 39.7. The summed E-state index contributed by atoms with van der Waals surface area (Å²) in [7, 11) is 3.24. The van der Waals surface area contributed by atoms with Gasteiger partial charge in [0.25, 0.3) is 5.91 Å². The quantitative estimate of drug-likeness (QED) is 0.0227. The van der Waals surface area contributed by atoms with E-state index in [2.05, 4.69) is 57.5 Å². The molecule has 4 atom stereocenters. The molecule has 0 saturated heterocycles. The fourth-order valence-electron chi connectivity index (χ4n) is 12.4. The van der Waals surface area contributed by atoms with Gasteiger partial charge >= 0.3 is 53.7 Å². The zero-order valence-electron chi connectivity index (χ0n) is 69.1. The maximum Gasteiger partial charge on any atom is 0.320 e. The Bertz CT molecular complexity index is 3760. The second-order valence-electron chi connectivity index (χ2n) is 28.5. The molecule has 14 N–H and O–H groups in total. The Kier molecular flexibility index (Phi) is 47.7. The molecule has 0 aliphatic heterocycles. The Balaban J connectivity index is 1.53. The second kappa shape index (κ2) is 56.7. The number of aryl methyl sites for hydroxylation is 3. The molecular formula is C75H113N17O31. The van der Waals surface area contributed by atoms with Gasteiger partial charge in [-0.1, -0.05) is 28.5 Å². The predicted molar refractivity (Wildman–Crippen MR) is 420 cm³/mol. The lowest BCUT2D eigenvalue weighted by Gasteiger charge is -2.33. The average molecular weight is 1750 g/mol. The third-order valence-corrected chi connectivity index (χ3v) is 18.3. The SMILES string of the molecule is CCn1cc(COc2cc(C(=O)NC(CNC)C(=O)NCCOCCC(=O)CC(COCCC(=O)CCCCCC(C(=O)O)N(CC(=O)O)CC(=O)O)(COCCC(=O)NCCCCC(C(=O)O)N(CC(=O)O)CC(=O)O)COCCC(=O)NCCCCC(C(=O)O)N(CC(=O)O)CC(=O)O)cc(OCc3cn(CC)nn3)c2OCc2cn(C)nn2)nn1. The Morgan fingerprint density at radius 2 is 0.846 bits per heavy atom. The number of likely N-dealkylation sites (N-methyl/N-ethyl adjacent to an activating group) is 1. The fourth-order valence-corrected chi connectivity index (χ4v) is 12.4. The van der Waals surface area contributed by atoms with Crippen molar-refractivity contribution < 1.29 is 151 Å². The van der Waals surface area contributed by atoms with Gasteiger partial charge < -0.3 is 106 Å². The van der Waals surface area contributed by atoms with Crippen LogP contribution >= 0.6 is 0 Å². The molecule has 4 rings (SSSR count). The smallest absolute Gasteiger partial charge is 0.320 e. The summed E-state index contributed by atoms with van der Waals surface area (Å²) in [4.78, 5) is 189. The molecule has 0 aliphatic rings. The van der Waals surface area contributed by atoms with Crippen LogP contribution in [-0.4, -0.2) is 344 Å². The van der Waals surface area contributed by atoms with Crippen molar-refractivity contribution in [3.8, 4) is 17.2 Å². The number of nitrogens with one attached hydrogen (secondary N) is 5. The summed E-state index contributed by atoms with van der Waals surface area (Å²) >= 11 is 0. The Morgan fingerprint density at radius 3 is 1.24 bits per heavy atom. The predicted octanol–water partition coefficient (Wildman–Crippen LogP) is -1.35. The number of nitrogens with zero attached hydrogens (tertiary/aromatic N) is 12. The van der Waals surface area contributed by atoms with Crippen molar-refractivity contribution in [1.29, 1.82) is 0 Å². The maximum atomic E-state index is 14.4. The fraction of sp³-hybridized carbons (Fsp3) is 0.640. The number of carbonyl (C=O) groups is 15. The molecule has 1 aromatic carbocycles. The van der Waals surface area contributed by atoms with E-state index in [0.29, 0.717) is 36.6 Å². The first-order valence-electron chi connectivity index (χ1n) is 39.7. The normalized spacial score (nSPS) is 12.8. The molecule has 684 valence electrons. The number of carbonyl (C=O) groups excluding carboxylic acids is 6. The molecule has 4 amide bonds. The minimum Gasteiger partial charge on any atom is -0.483 e. The van der Waals surface area contributed by atoms with Crippen molar-refractivity contribution in [2.75, 3.05) is 125 Å². The van der Waals surface area contributed by atoms with Gasteiger partial charge in [-0.15, -0.1) is 15.3 Å². The van der Waals surface area contributed by atoms with Crippen molar-refractivity contribution >= 4 is 88.9 Å². The van der Waals surface area contributed by atoms with Crippen LogP contribution in [0.15, 0.2) is 30.7 Å². The van der Waals surface area contributed by atoms with E-state index in [9.17, 15) is 118 Å². The molecule has 0 radical (unpaired) electrons. The molecule has 4 aromatic rings. The van der Waals surface area contributed by atoms with Crippen LogP contribution in [0.2, 0.25) is 0 Å². The van der Waals surface area contributed by atoms with Crippen molar-refractivity contribution in [2.45, 2.75) is 174 Å². The Hall–Kier alpha value is -11.8. The van der Waals surface area contributed by atoms with E-state index >= 15 is 0 Å². The highest BCUT2D eigenvalue weighted by Crippen LogP contribution is 2.41. The molecule has 0 aliphatic carbocycles. The topological polar surface area (TPSA) is 665 Å².